The molecule has 1 fully saturated rings. The quantitative estimate of drug-likeness (QED) is 0.786. The lowest BCUT2D eigenvalue weighted by molar-refractivity contribution is 0.0737. The molecule has 0 bridgehead atoms. The van der Waals surface area contributed by atoms with E-state index in [-0.39, 0.29) is 17.5 Å². The molecule has 0 radical (unpaired) electrons. The molecule has 24 heavy (non-hydrogen) atoms. The van der Waals surface area contributed by atoms with Gasteiger partial charge in [-0.2, -0.15) is 0 Å². The highest BCUT2D eigenvalue weighted by Crippen LogP contribution is 2.33. The number of fused-ring (bicyclic) bond motifs is 1. The number of rotatable bonds is 2. The Bertz CT molecular complexity index is 947. The molecule has 1 aliphatic rings. The molecule has 0 unspecified atom stereocenters. The van der Waals surface area contributed by atoms with Gasteiger partial charge in [-0.1, -0.05) is 48.5 Å². The summed E-state index contributed by atoms with van der Waals surface area (Å²) < 4.78 is 0. The summed E-state index contributed by atoms with van der Waals surface area (Å²) in [7, 11) is 0. The van der Waals surface area contributed by atoms with Gasteiger partial charge in [-0.3, -0.25) is 9.59 Å². The van der Waals surface area contributed by atoms with Crippen LogP contribution in [0, 0.1) is 0 Å². The maximum absolute atomic E-state index is 13.2. The van der Waals surface area contributed by atoms with Crippen LogP contribution in [0.25, 0.3) is 10.9 Å². The molecule has 1 amide bonds. The van der Waals surface area contributed by atoms with Crippen LogP contribution < -0.4 is 5.56 Å². The Labute approximate surface area is 139 Å². The van der Waals surface area contributed by atoms with Crippen molar-refractivity contribution in [3.05, 3.63) is 82.1 Å². The van der Waals surface area contributed by atoms with Gasteiger partial charge in [-0.25, -0.2) is 0 Å². The molecule has 0 aliphatic carbocycles. The Balaban J connectivity index is 1.77. The summed E-state index contributed by atoms with van der Waals surface area (Å²) in [6.07, 6.45) is 1.93. The van der Waals surface area contributed by atoms with Gasteiger partial charge in [0.2, 0.25) is 5.56 Å². The number of benzene rings is 2. The second-order valence-electron chi connectivity index (χ2n) is 6.16. The molecule has 2 heterocycles. The van der Waals surface area contributed by atoms with Crippen molar-refractivity contribution in [3.8, 4) is 0 Å². The molecule has 4 nitrogen and oxygen atoms in total. The molecule has 1 N–H and O–H groups in total. The van der Waals surface area contributed by atoms with Crippen LogP contribution in [0.15, 0.2) is 65.5 Å². The van der Waals surface area contributed by atoms with Crippen LogP contribution in [0.1, 0.15) is 34.8 Å². The molecule has 2 aromatic carbocycles. The number of hydrogen-bond donors (Lipinski definition) is 1. The number of nitrogens with zero attached hydrogens (tertiary/aromatic N) is 1. The van der Waals surface area contributed by atoms with Gasteiger partial charge in [0, 0.05) is 23.5 Å². The van der Waals surface area contributed by atoms with Crippen molar-refractivity contribution in [2.45, 2.75) is 18.9 Å². The van der Waals surface area contributed by atoms with Crippen molar-refractivity contribution >= 4 is 16.8 Å². The van der Waals surface area contributed by atoms with Crippen molar-refractivity contribution in [3.63, 3.8) is 0 Å². The van der Waals surface area contributed by atoms with Crippen molar-refractivity contribution < 1.29 is 4.79 Å². The predicted octanol–water partition coefficient (Wildman–Crippen LogP) is 3.51. The molecule has 4 heteroatoms. The third kappa shape index (κ3) is 2.50. The number of nitrogens with one attached hydrogen (secondary N) is 1. The predicted molar refractivity (Wildman–Crippen MR) is 94.0 cm³/mol. The maximum Gasteiger partial charge on any atom is 0.255 e. The number of pyridine rings is 1. The highest BCUT2D eigenvalue weighted by atomic mass is 16.2. The third-order valence-electron chi connectivity index (χ3n) is 4.68. The first-order valence-corrected chi connectivity index (χ1v) is 8.22. The fourth-order valence-corrected chi connectivity index (χ4v) is 3.57. The minimum Gasteiger partial charge on any atom is -0.332 e. The van der Waals surface area contributed by atoms with Gasteiger partial charge < -0.3 is 9.88 Å². The highest BCUT2D eigenvalue weighted by molar-refractivity contribution is 6.06. The van der Waals surface area contributed by atoms with Crippen molar-refractivity contribution in [2.24, 2.45) is 0 Å². The largest absolute Gasteiger partial charge is 0.332 e. The minimum absolute atomic E-state index is 0.0661. The second-order valence-corrected chi connectivity index (χ2v) is 6.16. The first-order chi connectivity index (χ1) is 11.7. The topological polar surface area (TPSA) is 53.2 Å². The third-order valence-corrected chi connectivity index (χ3v) is 4.68. The van der Waals surface area contributed by atoms with Gasteiger partial charge in [0.1, 0.15) is 0 Å². The Morgan fingerprint density at radius 3 is 2.62 bits per heavy atom. The average Bonchev–Trinajstić information content (AvgIpc) is 3.11. The monoisotopic (exact) mass is 318 g/mol. The molecule has 0 spiro atoms. The number of amides is 1. The number of aromatic nitrogens is 1. The van der Waals surface area contributed by atoms with E-state index in [1.54, 1.807) is 0 Å². The molecule has 1 atom stereocenters. The standard InChI is InChI=1S/C20H18N2O2/c23-19-13-16(15-9-4-5-10-17(15)21-19)20(24)22-12-6-11-18(22)14-7-2-1-3-8-14/h1-5,7-10,13,18H,6,11-12H2,(H,21,23)/t18-/m1/s1. The Hall–Kier alpha value is -2.88. The number of carbonyl (C=O) groups excluding carboxylic acids is 1. The normalized spacial score (nSPS) is 17.3. The summed E-state index contributed by atoms with van der Waals surface area (Å²) in [5.41, 5.74) is 2.09. The summed E-state index contributed by atoms with van der Waals surface area (Å²) in [5, 5.41) is 0.792. The first kappa shape index (κ1) is 14.7. The van der Waals surface area contributed by atoms with Gasteiger partial charge in [-0.05, 0) is 24.5 Å². The lowest BCUT2D eigenvalue weighted by atomic mass is 10.0. The fourth-order valence-electron chi connectivity index (χ4n) is 3.57. The smallest absolute Gasteiger partial charge is 0.255 e. The summed E-state index contributed by atoms with van der Waals surface area (Å²) in [5.74, 6) is -0.0661. The van der Waals surface area contributed by atoms with E-state index < -0.39 is 0 Å². The van der Waals surface area contributed by atoms with Crippen molar-refractivity contribution in [1.29, 1.82) is 0 Å². The van der Waals surface area contributed by atoms with E-state index in [1.165, 1.54) is 6.07 Å². The lowest BCUT2D eigenvalue weighted by Crippen LogP contribution is -2.31. The molecule has 1 saturated heterocycles. The average molecular weight is 318 g/mol. The van der Waals surface area contributed by atoms with Crippen molar-refractivity contribution in [2.75, 3.05) is 6.54 Å². The number of H-pyrrole nitrogens is 1. The molecule has 1 aromatic heterocycles. The van der Waals surface area contributed by atoms with E-state index in [1.807, 2.05) is 47.4 Å². The van der Waals surface area contributed by atoms with E-state index >= 15 is 0 Å². The zero-order valence-electron chi connectivity index (χ0n) is 13.2. The number of para-hydroxylation sites is 1. The molecular weight excluding hydrogens is 300 g/mol. The number of carbonyl (C=O) groups is 1. The lowest BCUT2D eigenvalue weighted by Gasteiger charge is -2.25. The van der Waals surface area contributed by atoms with Gasteiger partial charge >= 0.3 is 0 Å². The number of hydrogen-bond acceptors (Lipinski definition) is 2. The molecule has 120 valence electrons. The molecule has 1 aliphatic heterocycles. The summed E-state index contributed by atoms with van der Waals surface area (Å²) in [4.78, 5) is 29.8. The molecule has 4 rings (SSSR count). The van der Waals surface area contributed by atoms with E-state index in [2.05, 4.69) is 17.1 Å². The van der Waals surface area contributed by atoms with E-state index in [9.17, 15) is 9.59 Å². The van der Waals surface area contributed by atoms with E-state index in [0.29, 0.717) is 11.1 Å². The fraction of sp³-hybridized carbons (Fsp3) is 0.200. The van der Waals surface area contributed by atoms with Crippen molar-refractivity contribution in [1.82, 2.24) is 9.88 Å². The van der Waals surface area contributed by atoms with Gasteiger partial charge in [0.05, 0.1) is 11.6 Å². The van der Waals surface area contributed by atoms with Gasteiger partial charge in [0.15, 0.2) is 0 Å². The maximum atomic E-state index is 13.2. The Kier molecular flexibility index (Phi) is 3.65. The molecule has 0 saturated carbocycles. The Morgan fingerprint density at radius 1 is 1.04 bits per heavy atom. The zero-order chi connectivity index (χ0) is 16.5. The first-order valence-electron chi connectivity index (χ1n) is 8.22. The van der Waals surface area contributed by atoms with Crippen LogP contribution in [-0.4, -0.2) is 22.3 Å². The second kappa shape index (κ2) is 5.96. The van der Waals surface area contributed by atoms with Crippen LogP contribution in [0.5, 0.6) is 0 Å². The molecular formula is C20H18N2O2. The Morgan fingerprint density at radius 2 is 1.79 bits per heavy atom. The van der Waals surface area contributed by atoms with Crippen LogP contribution in [0.3, 0.4) is 0 Å². The number of likely N-dealkylation sites (tertiary alicyclic amines) is 1. The van der Waals surface area contributed by atoms with Gasteiger partial charge in [-0.15, -0.1) is 0 Å². The van der Waals surface area contributed by atoms with E-state index in [0.717, 1.165) is 30.3 Å². The molecule has 3 aromatic rings. The van der Waals surface area contributed by atoms with Crippen LogP contribution in [0.4, 0.5) is 0 Å². The van der Waals surface area contributed by atoms with Crippen LogP contribution in [-0.2, 0) is 0 Å². The van der Waals surface area contributed by atoms with Crippen LogP contribution in [0.2, 0.25) is 0 Å². The number of aromatic amines is 1. The van der Waals surface area contributed by atoms with Crippen LogP contribution >= 0.6 is 0 Å². The highest BCUT2D eigenvalue weighted by Gasteiger charge is 2.31. The summed E-state index contributed by atoms with van der Waals surface area (Å²) in [6, 6.07) is 19.1. The summed E-state index contributed by atoms with van der Waals surface area (Å²) in [6.45, 7) is 0.722. The summed E-state index contributed by atoms with van der Waals surface area (Å²) >= 11 is 0. The SMILES string of the molecule is O=C(c1cc(=O)[nH]c2ccccc12)N1CCC[C@@H]1c1ccccc1. The zero-order valence-corrected chi connectivity index (χ0v) is 13.2. The van der Waals surface area contributed by atoms with Gasteiger partial charge in [0.25, 0.3) is 5.91 Å². The van der Waals surface area contributed by atoms with E-state index in [4.69, 9.17) is 0 Å². The minimum atomic E-state index is -0.243.